The molecule has 2 heterocycles. The van der Waals surface area contributed by atoms with Gasteiger partial charge in [-0.3, -0.25) is 14.5 Å². The number of carbonyl (C=O) groups excluding carboxylic acids is 2. The third-order valence-electron chi connectivity index (χ3n) is 4.15. The molecule has 0 radical (unpaired) electrons. The number of fused-ring (bicyclic) bond motifs is 1. The van der Waals surface area contributed by atoms with Crippen LogP contribution in [0.5, 0.6) is 0 Å². The summed E-state index contributed by atoms with van der Waals surface area (Å²) in [6.07, 6.45) is 0. The minimum atomic E-state index is -0.173. The molecular weight excluding hydrogens is 270 g/mol. The maximum atomic E-state index is 12.8. The SMILES string of the molecule is C[C@@H](C(=O)N1CC(=O)Nc2ccccc21)[NH+]1CCOCC1. The molecule has 0 aromatic heterocycles. The van der Waals surface area contributed by atoms with Crippen LogP contribution in [-0.4, -0.2) is 50.7 Å². The summed E-state index contributed by atoms with van der Waals surface area (Å²) in [6, 6.07) is 7.24. The van der Waals surface area contributed by atoms with E-state index in [1.165, 1.54) is 4.90 Å². The van der Waals surface area contributed by atoms with E-state index < -0.39 is 0 Å². The molecule has 3 rings (SSSR count). The lowest BCUT2D eigenvalue weighted by molar-refractivity contribution is -0.921. The van der Waals surface area contributed by atoms with Crippen molar-refractivity contribution >= 4 is 23.2 Å². The van der Waals surface area contributed by atoms with Crippen LogP contribution in [0.15, 0.2) is 24.3 Å². The standard InChI is InChI=1S/C15H19N3O3/c1-11(17-6-8-21-9-7-17)15(20)18-10-14(19)16-12-4-2-3-5-13(12)18/h2-5,11H,6-10H2,1H3,(H,16,19)/p+1/t11-/m0/s1. The monoisotopic (exact) mass is 290 g/mol. The molecule has 0 aliphatic carbocycles. The maximum absolute atomic E-state index is 12.8. The Morgan fingerprint density at radius 2 is 2.05 bits per heavy atom. The van der Waals surface area contributed by atoms with Gasteiger partial charge in [-0.05, 0) is 19.1 Å². The quantitative estimate of drug-likeness (QED) is 0.755. The summed E-state index contributed by atoms with van der Waals surface area (Å²) < 4.78 is 5.34. The Hall–Kier alpha value is -1.92. The predicted molar refractivity (Wildman–Crippen MR) is 78.4 cm³/mol. The number of nitrogens with zero attached hydrogens (tertiary/aromatic N) is 1. The Balaban J connectivity index is 1.82. The fourth-order valence-electron chi connectivity index (χ4n) is 2.90. The van der Waals surface area contributed by atoms with E-state index in [-0.39, 0.29) is 24.4 Å². The third-order valence-corrected chi connectivity index (χ3v) is 4.15. The van der Waals surface area contributed by atoms with Crippen molar-refractivity contribution in [2.24, 2.45) is 0 Å². The molecule has 0 spiro atoms. The van der Waals surface area contributed by atoms with Gasteiger partial charge < -0.3 is 15.0 Å². The number of carbonyl (C=O) groups is 2. The topological polar surface area (TPSA) is 63.1 Å². The predicted octanol–water partition coefficient (Wildman–Crippen LogP) is -0.725. The fraction of sp³-hybridized carbons (Fsp3) is 0.467. The average Bonchev–Trinajstić information content (AvgIpc) is 2.53. The van der Waals surface area contributed by atoms with E-state index >= 15 is 0 Å². The molecule has 2 aliphatic heterocycles. The first-order valence-corrected chi connectivity index (χ1v) is 7.29. The second-order valence-corrected chi connectivity index (χ2v) is 5.48. The second kappa shape index (κ2) is 5.83. The zero-order valence-electron chi connectivity index (χ0n) is 12.1. The molecule has 1 atom stereocenters. The highest BCUT2D eigenvalue weighted by Gasteiger charge is 2.34. The van der Waals surface area contributed by atoms with Gasteiger partial charge in [0, 0.05) is 0 Å². The Labute approximate surface area is 123 Å². The summed E-state index contributed by atoms with van der Waals surface area (Å²) in [6.45, 7) is 5.04. The molecule has 0 unspecified atom stereocenters. The first-order valence-electron chi connectivity index (χ1n) is 7.29. The van der Waals surface area contributed by atoms with Gasteiger partial charge in [-0.25, -0.2) is 0 Å². The van der Waals surface area contributed by atoms with Crippen LogP contribution in [0.3, 0.4) is 0 Å². The van der Waals surface area contributed by atoms with Crippen LogP contribution < -0.4 is 15.1 Å². The summed E-state index contributed by atoms with van der Waals surface area (Å²) in [5, 5.41) is 2.80. The molecule has 6 heteroatoms. The number of ether oxygens (including phenoxy) is 1. The van der Waals surface area contributed by atoms with E-state index in [1.807, 2.05) is 31.2 Å². The van der Waals surface area contributed by atoms with Crippen LogP contribution >= 0.6 is 0 Å². The smallest absolute Gasteiger partial charge is 0.285 e. The minimum Gasteiger partial charge on any atom is -0.370 e. The van der Waals surface area contributed by atoms with Gasteiger partial charge in [-0.15, -0.1) is 0 Å². The molecule has 6 nitrogen and oxygen atoms in total. The van der Waals surface area contributed by atoms with Crippen molar-refractivity contribution in [2.45, 2.75) is 13.0 Å². The fourth-order valence-corrected chi connectivity index (χ4v) is 2.90. The van der Waals surface area contributed by atoms with Crippen molar-refractivity contribution in [1.82, 2.24) is 0 Å². The van der Waals surface area contributed by atoms with Crippen LogP contribution in [0.4, 0.5) is 11.4 Å². The number of amides is 2. The summed E-state index contributed by atoms with van der Waals surface area (Å²) >= 11 is 0. The van der Waals surface area contributed by atoms with Crippen LogP contribution in [-0.2, 0) is 14.3 Å². The van der Waals surface area contributed by atoms with E-state index in [4.69, 9.17) is 4.74 Å². The largest absolute Gasteiger partial charge is 0.370 e. The summed E-state index contributed by atoms with van der Waals surface area (Å²) in [5.41, 5.74) is 1.48. The molecule has 112 valence electrons. The minimum absolute atomic E-state index is 0.00537. The molecule has 21 heavy (non-hydrogen) atoms. The van der Waals surface area contributed by atoms with Gasteiger partial charge in [-0.2, -0.15) is 0 Å². The number of hydrogen-bond donors (Lipinski definition) is 2. The number of hydrogen-bond acceptors (Lipinski definition) is 3. The van der Waals surface area contributed by atoms with Gasteiger partial charge in [0.1, 0.15) is 19.6 Å². The highest BCUT2D eigenvalue weighted by Crippen LogP contribution is 2.29. The Morgan fingerprint density at radius 3 is 2.81 bits per heavy atom. The van der Waals surface area contributed by atoms with Crippen molar-refractivity contribution < 1.29 is 19.2 Å². The maximum Gasteiger partial charge on any atom is 0.285 e. The molecule has 2 N–H and O–H groups in total. The van der Waals surface area contributed by atoms with E-state index in [9.17, 15) is 9.59 Å². The first-order chi connectivity index (χ1) is 10.2. The van der Waals surface area contributed by atoms with Crippen molar-refractivity contribution in [3.8, 4) is 0 Å². The molecule has 2 aliphatic rings. The Kier molecular flexibility index (Phi) is 3.90. The number of morpholine rings is 1. The summed E-state index contributed by atoms with van der Waals surface area (Å²) in [4.78, 5) is 27.4. The molecule has 0 bridgehead atoms. The molecule has 1 aromatic rings. The number of nitrogens with one attached hydrogen (secondary N) is 2. The lowest BCUT2D eigenvalue weighted by atomic mass is 10.1. The van der Waals surface area contributed by atoms with Gasteiger partial charge in [0.25, 0.3) is 5.91 Å². The molecule has 2 amide bonds. The molecule has 1 fully saturated rings. The first kappa shape index (κ1) is 14.0. The lowest BCUT2D eigenvalue weighted by Gasteiger charge is -2.34. The van der Waals surface area contributed by atoms with Crippen LogP contribution in [0, 0.1) is 0 Å². The number of anilines is 2. The van der Waals surface area contributed by atoms with Crippen LogP contribution in [0.1, 0.15) is 6.92 Å². The van der Waals surface area contributed by atoms with E-state index in [0.29, 0.717) is 18.9 Å². The molecule has 1 saturated heterocycles. The molecule has 1 aromatic carbocycles. The van der Waals surface area contributed by atoms with E-state index in [0.717, 1.165) is 18.8 Å². The average molecular weight is 290 g/mol. The van der Waals surface area contributed by atoms with Crippen molar-refractivity contribution in [3.05, 3.63) is 24.3 Å². The van der Waals surface area contributed by atoms with Crippen LogP contribution in [0.25, 0.3) is 0 Å². The van der Waals surface area contributed by atoms with Crippen molar-refractivity contribution in [1.29, 1.82) is 0 Å². The van der Waals surface area contributed by atoms with Gasteiger partial charge in [0.2, 0.25) is 5.91 Å². The third kappa shape index (κ3) is 2.77. The van der Waals surface area contributed by atoms with Crippen molar-refractivity contribution in [3.63, 3.8) is 0 Å². The van der Waals surface area contributed by atoms with Gasteiger partial charge in [0.15, 0.2) is 6.04 Å². The van der Waals surface area contributed by atoms with Crippen LogP contribution in [0.2, 0.25) is 0 Å². The molecular formula is C15H20N3O3+. The zero-order chi connectivity index (χ0) is 14.8. The second-order valence-electron chi connectivity index (χ2n) is 5.48. The lowest BCUT2D eigenvalue weighted by Crippen LogP contribution is -3.18. The number of rotatable bonds is 2. The van der Waals surface area contributed by atoms with E-state index in [1.54, 1.807) is 4.90 Å². The number of para-hydroxylation sites is 2. The summed E-state index contributed by atoms with van der Waals surface area (Å²) in [5.74, 6) is -0.152. The highest BCUT2D eigenvalue weighted by molar-refractivity contribution is 6.10. The Bertz CT molecular complexity index is 555. The number of quaternary nitrogens is 1. The summed E-state index contributed by atoms with van der Waals surface area (Å²) in [7, 11) is 0. The normalized spacial score (nSPS) is 20.6. The van der Waals surface area contributed by atoms with Gasteiger partial charge >= 0.3 is 0 Å². The highest BCUT2D eigenvalue weighted by atomic mass is 16.5. The van der Waals surface area contributed by atoms with E-state index in [2.05, 4.69) is 5.32 Å². The Morgan fingerprint density at radius 1 is 1.33 bits per heavy atom. The van der Waals surface area contributed by atoms with Gasteiger partial charge in [-0.1, -0.05) is 12.1 Å². The molecule has 0 saturated carbocycles. The number of benzene rings is 1. The zero-order valence-corrected chi connectivity index (χ0v) is 12.1. The van der Waals surface area contributed by atoms with Crippen molar-refractivity contribution in [2.75, 3.05) is 43.1 Å². The van der Waals surface area contributed by atoms with Gasteiger partial charge in [0.05, 0.1) is 24.6 Å².